The molecular formula is C12H23NO. The molecule has 2 nitrogen and oxygen atoms in total. The third kappa shape index (κ3) is 9.57. The number of nitrogens with one attached hydrogen (secondary N) is 1. The van der Waals surface area contributed by atoms with Crippen molar-refractivity contribution in [3.05, 3.63) is 0 Å². The Morgan fingerprint density at radius 1 is 1.43 bits per heavy atom. The standard InChI is InChI=1S/C12H23NO/c1-6-8-13-10-11(2)14-9-7-12(3,4)5/h1,11,13H,7-10H2,2-5H3. The highest BCUT2D eigenvalue weighted by Crippen LogP contribution is 2.18. The van der Waals surface area contributed by atoms with E-state index in [2.05, 4.69) is 38.9 Å². The van der Waals surface area contributed by atoms with E-state index in [4.69, 9.17) is 11.2 Å². The van der Waals surface area contributed by atoms with Crippen LogP contribution in [0.5, 0.6) is 0 Å². The van der Waals surface area contributed by atoms with Crippen molar-refractivity contribution in [2.45, 2.75) is 40.2 Å². The first-order valence-electron chi connectivity index (χ1n) is 5.21. The number of hydrogen-bond donors (Lipinski definition) is 1. The number of rotatable bonds is 6. The molecule has 1 unspecified atom stereocenters. The highest BCUT2D eigenvalue weighted by Gasteiger charge is 2.10. The average molecular weight is 197 g/mol. The molecule has 0 aliphatic carbocycles. The van der Waals surface area contributed by atoms with E-state index in [9.17, 15) is 0 Å². The van der Waals surface area contributed by atoms with Gasteiger partial charge in [-0.2, -0.15) is 0 Å². The fraction of sp³-hybridized carbons (Fsp3) is 0.833. The summed E-state index contributed by atoms with van der Waals surface area (Å²) in [6.45, 7) is 11.0. The van der Waals surface area contributed by atoms with Crippen molar-refractivity contribution in [3.63, 3.8) is 0 Å². The Hall–Kier alpha value is -0.520. The minimum Gasteiger partial charge on any atom is -0.377 e. The van der Waals surface area contributed by atoms with Gasteiger partial charge in [-0.05, 0) is 18.8 Å². The first-order valence-corrected chi connectivity index (χ1v) is 5.21. The Kier molecular flexibility index (Phi) is 6.61. The summed E-state index contributed by atoms with van der Waals surface area (Å²) >= 11 is 0. The highest BCUT2D eigenvalue weighted by atomic mass is 16.5. The van der Waals surface area contributed by atoms with Gasteiger partial charge in [0.15, 0.2) is 0 Å². The van der Waals surface area contributed by atoms with Crippen LogP contribution in [0.1, 0.15) is 34.1 Å². The molecule has 0 bridgehead atoms. The van der Waals surface area contributed by atoms with E-state index in [1.165, 1.54) is 0 Å². The Labute approximate surface area is 88.4 Å². The summed E-state index contributed by atoms with van der Waals surface area (Å²) in [4.78, 5) is 0. The summed E-state index contributed by atoms with van der Waals surface area (Å²) in [5, 5.41) is 3.12. The van der Waals surface area contributed by atoms with Crippen molar-refractivity contribution in [1.82, 2.24) is 5.32 Å². The normalized spacial score (nSPS) is 13.6. The van der Waals surface area contributed by atoms with Crippen LogP contribution in [0.3, 0.4) is 0 Å². The van der Waals surface area contributed by atoms with Crippen LogP contribution in [0.2, 0.25) is 0 Å². The number of hydrogen-bond acceptors (Lipinski definition) is 2. The van der Waals surface area contributed by atoms with Crippen LogP contribution < -0.4 is 5.32 Å². The summed E-state index contributed by atoms with van der Waals surface area (Å²) in [5.41, 5.74) is 0.353. The predicted molar refractivity (Wildman–Crippen MR) is 61.2 cm³/mol. The molecule has 0 heterocycles. The molecular weight excluding hydrogens is 174 g/mol. The molecule has 1 N–H and O–H groups in total. The van der Waals surface area contributed by atoms with Crippen molar-refractivity contribution in [1.29, 1.82) is 0 Å². The molecule has 0 fully saturated rings. The zero-order valence-electron chi connectivity index (χ0n) is 9.89. The molecule has 0 spiro atoms. The van der Waals surface area contributed by atoms with Crippen LogP contribution in [0.25, 0.3) is 0 Å². The van der Waals surface area contributed by atoms with Gasteiger partial charge in [0.05, 0.1) is 12.6 Å². The smallest absolute Gasteiger partial charge is 0.0671 e. The summed E-state index contributed by atoms with van der Waals surface area (Å²) in [6.07, 6.45) is 6.45. The van der Waals surface area contributed by atoms with Gasteiger partial charge >= 0.3 is 0 Å². The van der Waals surface area contributed by atoms with E-state index in [0.29, 0.717) is 12.0 Å². The Bertz CT molecular complexity index is 176. The maximum absolute atomic E-state index is 5.63. The second-order valence-corrected chi connectivity index (χ2v) is 4.83. The van der Waals surface area contributed by atoms with Crippen molar-refractivity contribution < 1.29 is 4.74 Å². The van der Waals surface area contributed by atoms with Gasteiger partial charge in [-0.15, -0.1) is 6.42 Å². The zero-order chi connectivity index (χ0) is 11.0. The zero-order valence-corrected chi connectivity index (χ0v) is 9.89. The fourth-order valence-corrected chi connectivity index (χ4v) is 0.973. The lowest BCUT2D eigenvalue weighted by atomic mass is 9.93. The van der Waals surface area contributed by atoms with E-state index in [0.717, 1.165) is 19.6 Å². The van der Waals surface area contributed by atoms with Gasteiger partial charge in [0.2, 0.25) is 0 Å². The summed E-state index contributed by atoms with van der Waals surface area (Å²) in [6, 6.07) is 0. The van der Waals surface area contributed by atoms with Gasteiger partial charge < -0.3 is 10.1 Å². The van der Waals surface area contributed by atoms with Crippen LogP contribution in [0, 0.1) is 17.8 Å². The monoisotopic (exact) mass is 197 g/mol. The third-order valence-electron chi connectivity index (χ3n) is 1.91. The van der Waals surface area contributed by atoms with Crippen LogP contribution in [0.15, 0.2) is 0 Å². The summed E-state index contributed by atoms with van der Waals surface area (Å²) in [5.74, 6) is 2.54. The second-order valence-electron chi connectivity index (χ2n) is 4.83. The molecule has 0 saturated carbocycles. The molecule has 2 heteroatoms. The lowest BCUT2D eigenvalue weighted by molar-refractivity contribution is 0.0499. The molecule has 1 atom stereocenters. The molecule has 0 aromatic carbocycles. The van der Waals surface area contributed by atoms with Gasteiger partial charge in [-0.25, -0.2) is 0 Å². The Morgan fingerprint density at radius 3 is 2.57 bits per heavy atom. The van der Waals surface area contributed by atoms with Crippen LogP contribution in [-0.2, 0) is 4.74 Å². The fourth-order valence-electron chi connectivity index (χ4n) is 0.973. The number of ether oxygens (including phenoxy) is 1. The lowest BCUT2D eigenvalue weighted by Crippen LogP contribution is -2.28. The predicted octanol–water partition coefficient (Wildman–Crippen LogP) is 2.05. The topological polar surface area (TPSA) is 21.3 Å². The quantitative estimate of drug-likeness (QED) is 0.520. The minimum absolute atomic E-state index is 0.241. The molecule has 0 saturated heterocycles. The van der Waals surface area contributed by atoms with Crippen molar-refractivity contribution in [2.24, 2.45) is 5.41 Å². The van der Waals surface area contributed by atoms with Crippen molar-refractivity contribution in [2.75, 3.05) is 19.7 Å². The minimum atomic E-state index is 0.241. The highest BCUT2D eigenvalue weighted by molar-refractivity contribution is 4.86. The molecule has 0 aromatic heterocycles. The third-order valence-corrected chi connectivity index (χ3v) is 1.91. The van der Waals surface area contributed by atoms with Crippen molar-refractivity contribution in [3.8, 4) is 12.3 Å². The molecule has 82 valence electrons. The van der Waals surface area contributed by atoms with Crippen LogP contribution >= 0.6 is 0 Å². The maximum atomic E-state index is 5.63. The largest absolute Gasteiger partial charge is 0.377 e. The van der Waals surface area contributed by atoms with Crippen LogP contribution in [-0.4, -0.2) is 25.8 Å². The molecule has 0 radical (unpaired) electrons. The first-order chi connectivity index (χ1) is 6.45. The van der Waals surface area contributed by atoms with Gasteiger partial charge in [-0.1, -0.05) is 26.7 Å². The SMILES string of the molecule is C#CCNCC(C)OCCC(C)(C)C. The van der Waals surface area contributed by atoms with E-state index in [1.54, 1.807) is 0 Å². The number of terminal acetylenes is 1. The van der Waals surface area contributed by atoms with Gasteiger partial charge in [-0.3, -0.25) is 0 Å². The summed E-state index contributed by atoms with van der Waals surface area (Å²) in [7, 11) is 0. The molecule has 0 rings (SSSR count). The van der Waals surface area contributed by atoms with Crippen LogP contribution in [0.4, 0.5) is 0 Å². The average Bonchev–Trinajstić information content (AvgIpc) is 2.02. The Morgan fingerprint density at radius 2 is 2.07 bits per heavy atom. The van der Waals surface area contributed by atoms with Gasteiger partial charge in [0.25, 0.3) is 0 Å². The van der Waals surface area contributed by atoms with Crippen molar-refractivity contribution >= 4 is 0 Å². The van der Waals surface area contributed by atoms with E-state index in [-0.39, 0.29) is 6.10 Å². The molecule has 0 aromatic rings. The Balaban J connectivity index is 3.36. The second kappa shape index (κ2) is 6.86. The lowest BCUT2D eigenvalue weighted by Gasteiger charge is -2.20. The van der Waals surface area contributed by atoms with E-state index < -0.39 is 0 Å². The maximum Gasteiger partial charge on any atom is 0.0671 e. The van der Waals surface area contributed by atoms with E-state index in [1.807, 2.05) is 0 Å². The van der Waals surface area contributed by atoms with Gasteiger partial charge in [0.1, 0.15) is 0 Å². The van der Waals surface area contributed by atoms with Gasteiger partial charge in [0, 0.05) is 13.2 Å². The van der Waals surface area contributed by atoms with E-state index >= 15 is 0 Å². The molecule has 0 aliphatic rings. The summed E-state index contributed by atoms with van der Waals surface area (Å²) < 4.78 is 5.63. The molecule has 0 amide bonds. The molecule has 14 heavy (non-hydrogen) atoms. The first kappa shape index (κ1) is 13.5. The molecule has 0 aliphatic heterocycles.